The zero-order chi connectivity index (χ0) is 10.6. The lowest BCUT2D eigenvalue weighted by Gasteiger charge is -1.84. The van der Waals surface area contributed by atoms with E-state index in [1.807, 2.05) is 14.0 Å². The number of hydrogen-bond donors (Lipinski definition) is 2. The van der Waals surface area contributed by atoms with Crippen LogP contribution in [0.4, 0.5) is 0 Å². The topological polar surface area (TPSA) is 49.3 Å². The Kier molecular flexibility index (Phi) is 3.69. The van der Waals surface area contributed by atoms with Crippen LogP contribution >= 0.6 is 11.3 Å². The molecule has 1 aromatic heterocycles. The lowest BCUT2D eigenvalue weighted by Crippen LogP contribution is -2.04. The Labute approximate surface area is 86.8 Å². The second-order valence-electron chi connectivity index (χ2n) is 2.76. The Hall–Kier alpha value is -1.31. The third-order valence-electron chi connectivity index (χ3n) is 1.60. The molecule has 1 heterocycles. The SMILES string of the molecule is CNCC#Cc1sc(C(=O)O)cc1C. The van der Waals surface area contributed by atoms with E-state index in [1.165, 1.54) is 11.3 Å². The second kappa shape index (κ2) is 4.80. The van der Waals surface area contributed by atoms with Gasteiger partial charge in [0.2, 0.25) is 0 Å². The molecule has 0 unspecified atom stereocenters. The summed E-state index contributed by atoms with van der Waals surface area (Å²) in [7, 11) is 1.82. The number of carboxylic acid groups (broad SMARTS) is 1. The molecule has 1 aromatic rings. The van der Waals surface area contributed by atoms with Crippen LogP contribution in [0.1, 0.15) is 20.1 Å². The van der Waals surface area contributed by atoms with Gasteiger partial charge in [-0.2, -0.15) is 0 Å². The van der Waals surface area contributed by atoms with Crippen molar-refractivity contribution in [2.45, 2.75) is 6.92 Å². The Bertz CT molecular complexity index is 398. The van der Waals surface area contributed by atoms with Gasteiger partial charge in [0, 0.05) is 0 Å². The van der Waals surface area contributed by atoms with Gasteiger partial charge in [-0.15, -0.1) is 11.3 Å². The minimum atomic E-state index is -0.889. The summed E-state index contributed by atoms with van der Waals surface area (Å²) in [6.07, 6.45) is 0. The lowest BCUT2D eigenvalue weighted by molar-refractivity contribution is 0.0702. The van der Waals surface area contributed by atoms with Crippen LogP contribution in [0.5, 0.6) is 0 Å². The van der Waals surface area contributed by atoms with Gasteiger partial charge in [0.05, 0.1) is 11.4 Å². The molecule has 0 saturated heterocycles. The highest BCUT2D eigenvalue weighted by atomic mass is 32.1. The highest BCUT2D eigenvalue weighted by Crippen LogP contribution is 2.20. The molecule has 1 rings (SSSR count). The molecule has 74 valence electrons. The van der Waals surface area contributed by atoms with Crippen molar-refractivity contribution in [2.75, 3.05) is 13.6 Å². The summed E-state index contributed by atoms with van der Waals surface area (Å²) >= 11 is 1.22. The molecule has 0 spiro atoms. The fourth-order valence-corrected chi connectivity index (χ4v) is 1.81. The average molecular weight is 209 g/mol. The Balaban J connectivity index is 2.89. The smallest absolute Gasteiger partial charge is 0.345 e. The molecule has 14 heavy (non-hydrogen) atoms. The molecule has 0 amide bonds. The van der Waals surface area contributed by atoms with E-state index in [0.29, 0.717) is 11.4 Å². The average Bonchev–Trinajstić information content (AvgIpc) is 2.49. The summed E-state index contributed by atoms with van der Waals surface area (Å²) in [5.74, 6) is 4.94. The molecule has 0 bridgehead atoms. The minimum Gasteiger partial charge on any atom is -0.477 e. The molecule has 0 fully saturated rings. The summed E-state index contributed by atoms with van der Waals surface area (Å²) in [5.41, 5.74) is 0.927. The van der Waals surface area contributed by atoms with Gasteiger partial charge in [0.25, 0.3) is 0 Å². The number of aryl methyl sites for hydroxylation is 1. The number of nitrogens with one attached hydrogen (secondary N) is 1. The molecular formula is C10H11NO2S. The molecule has 0 aliphatic rings. The van der Waals surface area contributed by atoms with Crippen molar-refractivity contribution >= 4 is 17.3 Å². The summed E-state index contributed by atoms with van der Waals surface area (Å²) < 4.78 is 0. The maximum atomic E-state index is 10.6. The highest BCUT2D eigenvalue weighted by Gasteiger charge is 2.08. The first-order valence-corrected chi connectivity index (χ1v) is 4.94. The fourth-order valence-electron chi connectivity index (χ4n) is 0.924. The first-order chi connectivity index (χ1) is 6.65. The van der Waals surface area contributed by atoms with E-state index < -0.39 is 5.97 Å². The Morgan fingerprint density at radius 2 is 2.43 bits per heavy atom. The minimum absolute atomic E-state index is 0.344. The Morgan fingerprint density at radius 3 is 2.93 bits per heavy atom. The van der Waals surface area contributed by atoms with Gasteiger partial charge in [0.1, 0.15) is 4.88 Å². The predicted octanol–water partition coefficient (Wildman–Crippen LogP) is 1.33. The standard InChI is InChI=1S/C10H11NO2S/c1-7-6-9(10(12)13)14-8(7)4-3-5-11-2/h6,11H,5H2,1-2H3,(H,12,13). The normalized spacial score (nSPS) is 9.29. The quantitative estimate of drug-likeness (QED) is 0.722. The van der Waals surface area contributed by atoms with Crippen molar-refractivity contribution in [3.05, 3.63) is 21.4 Å². The van der Waals surface area contributed by atoms with Gasteiger partial charge >= 0.3 is 5.97 Å². The van der Waals surface area contributed by atoms with Crippen LogP contribution in [-0.2, 0) is 0 Å². The lowest BCUT2D eigenvalue weighted by atomic mass is 10.2. The van der Waals surface area contributed by atoms with Crippen molar-refractivity contribution < 1.29 is 9.90 Å². The number of thiophene rings is 1. The zero-order valence-corrected chi connectivity index (χ0v) is 8.86. The molecule has 0 aliphatic carbocycles. The van der Waals surface area contributed by atoms with E-state index in [2.05, 4.69) is 17.2 Å². The van der Waals surface area contributed by atoms with Crippen LogP contribution in [0.25, 0.3) is 0 Å². The molecule has 0 atom stereocenters. The summed E-state index contributed by atoms with van der Waals surface area (Å²) in [6, 6.07) is 1.65. The number of carbonyl (C=O) groups is 1. The van der Waals surface area contributed by atoms with Gasteiger partial charge in [-0.25, -0.2) is 4.79 Å². The van der Waals surface area contributed by atoms with Gasteiger partial charge in [-0.1, -0.05) is 11.8 Å². The van der Waals surface area contributed by atoms with E-state index >= 15 is 0 Å². The van der Waals surface area contributed by atoms with Crippen LogP contribution in [0.2, 0.25) is 0 Å². The van der Waals surface area contributed by atoms with Crippen molar-refractivity contribution in [1.29, 1.82) is 0 Å². The molecule has 3 nitrogen and oxygen atoms in total. The zero-order valence-electron chi connectivity index (χ0n) is 8.05. The summed E-state index contributed by atoms with van der Waals surface area (Å²) in [6.45, 7) is 2.48. The maximum absolute atomic E-state index is 10.6. The molecule has 4 heteroatoms. The number of carboxylic acids is 1. The van der Waals surface area contributed by atoms with Crippen molar-refractivity contribution in [3.63, 3.8) is 0 Å². The summed E-state index contributed by atoms with van der Waals surface area (Å²) in [4.78, 5) is 11.8. The van der Waals surface area contributed by atoms with Crippen molar-refractivity contribution in [1.82, 2.24) is 5.32 Å². The van der Waals surface area contributed by atoms with Crippen LogP contribution < -0.4 is 5.32 Å². The molecular weight excluding hydrogens is 198 g/mol. The van der Waals surface area contributed by atoms with Crippen LogP contribution in [0.15, 0.2) is 6.07 Å². The second-order valence-corrected chi connectivity index (χ2v) is 3.81. The molecule has 2 N–H and O–H groups in total. The van der Waals surface area contributed by atoms with Crippen LogP contribution in [-0.4, -0.2) is 24.7 Å². The van der Waals surface area contributed by atoms with Gasteiger partial charge in [-0.05, 0) is 25.6 Å². The van der Waals surface area contributed by atoms with E-state index in [4.69, 9.17) is 5.11 Å². The van der Waals surface area contributed by atoms with Gasteiger partial charge in [0.15, 0.2) is 0 Å². The van der Waals surface area contributed by atoms with Crippen molar-refractivity contribution in [2.24, 2.45) is 0 Å². The summed E-state index contributed by atoms with van der Waals surface area (Å²) in [5, 5.41) is 11.6. The Morgan fingerprint density at radius 1 is 1.71 bits per heavy atom. The van der Waals surface area contributed by atoms with E-state index in [-0.39, 0.29) is 0 Å². The maximum Gasteiger partial charge on any atom is 0.345 e. The van der Waals surface area contributed by atoms with E-state index in [0.717, 1.165) is 10.4 Å². The third-order valence-corrected chi connectivity index (χ3v) is 2.74. The molecule has 0 aliphatic heterocycles. The third kappa shape index (κ3) is 2.59. The van der Waals surface area contributed by atoms with Gasteiger partial charge < -0.3 is 10.4 Å². The number of hydrogen-bond acceptors (Lipinski definition) is 3. The number of rotatable bonds is 2. The molecule has 0 aromatic carbocycles. The van der Waals surface area contributed by atoms with Gasteiger partial charge in [-0.3, -0.25) is 0 Å². The fraction of sp³-hybridized carbons (Fsp3) is 0.300. The predicted molar refractivity (Wildman–Crippen MR) is 56.8 cm³/mol. The highest BCUT2D eigenvalue weighted by molar-refractivity contribution is 7.14. The van der Waals surface area contributed by atoms with E-state index in [9.17, 15) is 4.79 Å². The molecule has 0 saturated carbocycles. The number of aromatic carboxylic acids is 1. The van der Waals surface area contributed by atoms with Crippen LogP contribution in [0.3, 0.4) is 0 Å². The van der Waals surface area contributed by atoms with Crippen LogP contribution in [0, 0.1) is 18.8 Å². The van der Waals surface area contributed by atoms with Crippen molar-refractivity contribution in [3.8, 4) is 11.8 Å². The first-order valence-electron chi connectivity index (χ1n) is 4.12. The molecule has 0 radical (unpaired) electrons. The largest absolute Gasteiger partial charge is 0.477 e. The van der Waals surface area contributed by atoms with E-state index in [1.54, 1.807) is 6.07 Å². The monoisotopic (exact) mass is 209 g/mol. The first kappa shape index (κ1) is 10.8.